The number of carboxylic acid groups (broad SMARTS) is 1. The summed E-state index contributed by atoms with van der Waals surface area (Å²) in [4.78, 5) is 23.9. The highest BCUT2D eigenvalue weighted by Crippen LogP contribution is 2.18. The number of ether oxygens (including phenoxy) is 1. The van der Waals surface area contributed by atoms with Gasteiger partial charge in [-0.2, -0.15) is 0 Å². The molecule has 1 aliphatic heterocycles. The van der Waals surface area contributed by atoms with Gasteiger partial charge < -0.3 is 19.5 Å². The molecule has 0 aliphatic carbocycles. The normalized spacial score (nSPS) is 18.7. The number of carbonyl (C=O) groups excluding carboxylic acids is 2. The van der Waals surface area contributed by atoms with E-state index in [1.807, 2.05) is 24.3 Å². The highest BCUT2D eigenvalue weighted by molar-refractivity contribution is 5.85. The Morgan fingerprint density at radius 1 is 1.42 bits per heavy atom. The number of methoxy groups -OCH3 is 1. The van der Waals surface area contributed by atoms with Crippen molar-refractivity contribution in [1.82, 2.24) is 4.90 Å². The van der Waals surface area contributed by atoms with Crippen LogP contribution < -0.4 is 9.84 Å². The third kappa shape index (κ3) is 3.24. The molecule has 1 saturated heterocycles. The van der Waals surface area contributed by atoms with Gasteiger partial charge in [0.1, 0.15) is 5.75 Å². The van der Waals surface area contributed by atoms with E-state index in [0.717, 1.165) is 11.3 Å². The smallest absolute Gasteiger partial charge is 0.223 e. The molecule has 102 valence electrons. The third-order valence-corrected chi connectivity index (χ3v) is 3.38. The van der Waals surface area contributed by atoms with Crippen molar-refractivity contribution in [1.29, 1.82) is 0 Å². The zero-order valence-electron chi connectivity index (χ0n) is 10.8. The monoisotopic (exact) mass is 262 g/mol. The molecule has 1 aromatic rings. The van der Waals surface area contributed by atoms with Crippen LogP contribution in [0.3, 0.4) is 0 Å². The summed E-state index contributed by atoms with van der Waals surface area (Å²) in [5.41, 5.74) is 1.09. The van der Waals surface area contributed by atoms with Crippen LogP contribution >= 0.6 is 0 Å². The summed E-state index contributed by atoms with van der Waals surface area (Å²) >= 11 is 0. The number of rotatable bonds is 5. The summed E-state index contributed by atoms with van der Waals surface area (Å²) in [6, 6.07) is 7.61. The van der Waals surface area contributed by atoms with Gasteiger partial charge in [0.25, 0.3) is 0 Å². The number of likely N-dealkylation sites (tertiary alicyclic amines) is 1. The Morgan fingerprint density at radius 2 is 2.11 bits per heavy atom. The van der Waals surface area contributed by atoms with Gasteiger partial charge in [0.05, 0.1) is 7.11 Å². The molecular weight excluding hydrogens is 246 g/mol. The third-order valence-electron chi connectivity index (χ3n) is 3.38. The quantitative estimate of drug-likeness (QED) is 0.739. The van der Waals surface area contributed by atoms with Crippen molar-refractivity contribution in [3.63, 3.8) is 0 Å². The van der Waals surface area contributed by atoms with Crippen molar-refractivity contribution in [3.05, 3.63) is 29.8 Å². The van der Waals surface area contributed by atoms with Gasteiger partial charge >= 0.3 is 0 Å². The first-order valence-corrected chi connectivity index (χ1v) is 6.21. The van der Waals surface area contributed by atoms with Crippen molar-refractivity contribution in [2.45, 2.75) is 12.8 Å². The molecule has 0 aromatic heterocycles. The van der Waals surface area contributed by atoms with E-state index >= 15 is 0 Å². The second kappa shape index (κ2) is 5.73. The van der Waals surface area contributed by atoms with Gasteiger partial charge in [-0.05, 0) is 24.1 Å². The second-order valence-electron chi connectivity index (χ2n) is 4.66. The molecule has 1 heterocycles. The molecule has 0 radical (unpaired) electrons. The summed E-state index contributed by atoms with van der Waals surface area (Å²) < 4.78 is 5.07. The second-order valence-corrected chi connectivity index (χ2v) is 4.66. The fourth-order valence-electron chi connectivity index (χ4n) is 2.20. The Bertz CT molecular complexity index is 469. The Labute approximate surface area is 111 Å². The first-order valence-electron chi connectivity index (χ1n) is 6.21. The Kier molecular flexibility index (Phi) is 4.04. The van der Waals surface area contributed by atoms with E-state index in [9.17, 15) is 14.7 Å². The van der Waals surface area contributed by atoms with Crippen LogP contribution in [0.2, 0.25) is 0 Å². The lowest BCUT2D eigenvalue weighted by atomic mass is 10.1. The fourth-order valence-corrected chi connectivity index (χ4v) is 2.20. The van der Waals surface area contributed by atoms with E-state index in [2.05, 4.69) is 0 Å². The number of hydrogen-bond acceptors (Lipinski definition) is 4. The summed E-state index contributed by atoms with van der Waals surface area (Å²) in [5.74, 6) is -1.12. The van der Waals surface area contributed by atoms with Crippen molar-refractivity contribution < 1.29 is 19.4 Å². The van der Waals surface area contributed by atoms with Crippen molar-refractivity contribution in [2.75, 3.05) is 20.2 Å². The standard InChI is InChI=1S/C14H17NO4/c1-19-12-4-2-10(3-5-12)6-7-15-9-11(14(17)18)8-13(15)16/h2-5,11H,6-9H2,1H3,(H,17,18)/p-1/t11-/m0/s1. The molecule has 2 rings (SSSR count). The van der Waals surface area contributed by atoms with Crippen LogP contribution in [0.4, 0.5) is 0 Å². The SMILES string of the molecule is COc1ccc(CCN2C[C@@H](C(=O)[O-])CC2=O)cc1. The van der Waals surface area contributed by atoms with E-state index in [1.165, 1.54) is 0 Å². The topological polar surface area (TPSA) is 69.7 Å². The predicted molar refractivity (Wildman–Crippen MR) is 66.4 cm³/mol. The zero-order valence-corrected chi connectivity index (χ0v) is 10.8. The minimum Gasteiger partial charge on any atom is -0.550 e. The minimum absolute atomic E-state index is 0.0605. The maximum absolute atomic E-state index is 11.6. The summed E-state index contributed by atoms with van der Waals surface area (Å²) in [5, 5.41) is 10.7. The number of carboxylic acids is 1. The van der Waals surface area contributed by atoms with Crippen LogP contribution in [0.15, 0.2) is 24.3 Å². The molecule has 0 unspecified atom stereocenters. The first-order chi connectivity index (χ1) is 9.10. The van der Waals surface area contributed by atoms with Crippen LogP contribution in [0.25, 0.3) is 0 Å². The van der Waals surface area contributed by atoms with Gasteiger partial charge in [-0.15, -0.1) is 0 Å². The van der Waals surface area contributed by atoms with E-state index in [1.54, 1.807) is 12.0 Å². The molecular formula is C14H16NO4-. The van der Waals surface area contributed by atoms with Gasteiger partial charge in [0, 0.05) is 31.4 Å². The fraction of sp³-hybridized carbons (Fsp3) is 0.429. The Balaban J connectivity index is 1.88. The molecule has 1 aliphatic rings. The van der Waals surface area contributed by atoms with Gasteiger partial charge in [-0.1, -0.05) is 12.1 Å². The van der Waals surface area contributed by atoms with Crippen LogP contribution in [0.5, 0.6) is 5.75 Å². The lowest BCUT2D eigenvalue weighted by molar-refractivity contribution is -0.311. The summed E-state index contributed by atoms with van der Waals surface area (Å²) in [7, 11) is 1.61. The van der Waals surface area contributed by atoms with Gasteiger partial charge in [0.15, 0.2) is 0 Å². The molecule has 1 atom stereocenters. The largest absolute Gasteiger partial charge is 0.550 e. The number of hydrogen-bond donors (Lipinski definition) is 0. The molecule has 5 heteroatoms. The Hall–Kier alpha value is -2.04. The molecule has 19 heavy (non-hydrogen) atoms. The van der Waals surface area contributed by atoms with Crippen molar-refractivity contribution in [3.8, 4) is 5.75 Å². The number of aliphatic carboxylic acids is 1. The summed E-state index contributed by atoms with van der Waals surface area (Å²) in [6.45, 7) is 0.798. The Morgan fingerprint density at radius 3 is 2.63 bits per heavy atom. The molecule has 0 spiro atoms. The van der Waals surface area contributed by atoms with E-state index in [4.69, 9.17) is 4.74 Å². The molecule has 0 saturated carbocycles. The number of amides is 1. The van der Waals surface area contributed by atoms with Gasteiger partial charge in [-0.25, -0.2) is 0 Å². The van der Waals surface area contributed by atoms with E-state index < -0.39 is 11.9 Å². The average Bonchev–Trinajstić information content (AvgIpc) is 2.79. The highest BCUT2D eigenvalue weighted by Gasteiger charge is 2.29. The maximum Gasteiger partial charge on any atom is 0.223 e. The molecule has 1 aromatic carbocycles. The lowest BCUT2D eigenvalue weighted by Gasteiger charge is -2.17. The van der Waals surface area contributed by atoms with Crippen LogP contribution in [-0.2, 0) is 16.0 Å². The predicted octanol–water partition coefficient (Wildman–Crippen LogP) is -0.164. The maximum atomic E-state index is 11.6. The summed E-state index contributed by atoms with van der Waals surface area (Å²) in [6.07, 6.45) is 0.764. The first kappa shape index (κ1) is 13.4. The van der Waals surface area contributed by atoms with Crippen LogP contribution in [0, 0.1) is 5.92 Å². The van der Waals surface area contributed by atoms with Crippen LogP contribution in [0.1, 0.15) is 12.0 Å². The molecule has 0 bridgehead atoms. The number of carbonyl (C=O) groups is 2. The molecule has 1 fully saturated rings. The lowest BCUT2D eigenvalue weighted by Crippen LogP contribution is -2.34. The average molecular weight is 262 g/mol. The molecule has 5 nitrogen and oxygen atoms in total. The van der Waals surface area contributed by atoms with E-state index in [-0.39, 0.29) is 18.9 Å². The van der Waals surface area contributed by atoms with Crippen molar-refractivity contribution >= 4 is 11.9 Å². The zero-order chi connectivity index (χ0) is 13.8. The van der Waals surface area contributed by atoms with Crippen molar-refractivity contribution in [2.24, 2.45) is 5.92 Å². The van der Waals surface area contributed by atoms with Crippen LogP contribution in [-0.4, -0.2) is 37.0 Å². The molecule has 1 amide bonds. The number of nitrogens with zero attached hydrogens (tertiary/aromatic N) is 1. The number of benzene rings is 1. The highest BCUT2D eigenvalue weighted by atomic mass is 16.5. The molecule has 0 N–H and O–H groups in total. The van der Waals surface area contributed by atoms with Gasteiger partial charge in [0.2, 0.25) is 5.91 Å². The van der Waals surface area contributed by atoms with E-state index in [0.29, 0.717) is 13.0 Å². The minimum atomic E-state index is -1.14. The van der Waals surface area contributed by atoms with Gasteiger partial charge in [-0.3, -0.25) is 4.79 Å².